The van der Waals surface area contributed by atoms with Crippen LogP contribution in [0.15, 0.2) is 46.5 Å². The summed E-state index contributed by atoms with van der Waals surface area (Å²) in [5.41, 5.74) is 1.24. The summed E-state index contributed by atoms with van der Waals surface area (Å²) in [6.45, 7) is 1.25. The summed E-state index contributed by atoms with van der Waals surface area (Å²) in [5, 5.41) is 0.913. The molecule has 1 aliphatic heterocycles. The molecule has 0 atom stereocenters. The molecule has 26 heavy (non-hydrogen) atoms. The van der Waals surface area contributed by atoms with Gasteiger partial charge in [-0.1, -0.05) is 35.5 Å². The number of ketones is 1. The molecule has 1 aromatic carbocycles. The zero-order valence-corrected chi connectivity index (χ0v) is 15.5. The molecule has 1 aliphatic rings. The number of fused-ring (bicyclic) bond motifs is 1. The quantitative estimate of drug-likeness (QED) is 0.391. The molecule has 0 bridgehead atoms. The molecule has 3 heterocycles. The van der Waals surface area contributed by atoms with Crippen LogP contribution < -0.4 is 5.56 Å². The second kappa shape index (κ2) is 6.74. The maximum absolute atomic E-state index is 13.2. The predicted molar refractivity (Wildman–Crippen MR) is 101 cm³/mol. The van der Waals surface area contributed by atoms with E-state index in [4.69, 9.17) is 11.6 Å². The second-order valence-electron chi connectivity index (χ2n) is 5.87. The monoisotopic (exact) mass is 386 g/mol. The molecule has 4 rings (SSSR count). The van der Waals surface area contributed by atoms with E-state index in [1.807, 2.05) is 10.9 Å². The van der Waals surface area contributed by atoms with E-state index in [9.17, 15) is 9.59 Å². The number of benzene rings is 1. The van der Waals surface area contributed by atoms with Gasteiger partial charge in [0.05, 0.1) is 10.7 Å². The Morgan fingerprint density at radius 2 is 1.96 bits per heavy atom. The van der Waals surface area contributed by atoms with Gasteiger partial charge >= 0.3 is 0 Å². The number of nitrogens with zero attached hydrogens (tertiary/aromatic N) is 4. The van der Waals surface area contributed by atoms with Gasteiger partial charge in [0.25, 0.3) is 5.56 Å². The molecule has 0 fully saturated rings. The number of carbonyl (C=O) groups is 1. The molecule has 2 aromatic heterocycles. The van der Waals surface area contributed by atoms with Crippen molar-refractivity contribution in [3.63, 3.8) is 0 Å². The Balaban J connectivity index is 1.97. The molecule has 0 saturated carbocycles. The number of thioether (sulfide) groups is 1. The van der Waals surface area contributed by atoms with Crippen LogP contribution in [-0.4, -0.2) is 31.4 Å². The SMILES string of the molecule is CSc1nccc(-c2c(C(=O)c3ccccc3Cl)c(=O)n3n2CCC3)n1. The van der Waals surface area contributed by atoms with Crippen LogP contribution in [0.4, 0.5) is 0 Å². The highest BCUT2D eigenvalue weighted by atomic mass is 35.5. The Kier molecular flexibility index (Phi) is 4.42. The Morgan fingerprint density at radius 1 is 1.19 bits per heavy atom. The maximum atomic E-state index is 13.2. The van der Waals surface area contributed by atoms with E-state index < -0.39 is 0 Å². The summed E-state index contributed by atoms with van der Waals surface area (Å²) in [6.07, 6.45) is 4.37. The van der Waals surface area contributed by atoms with Crippen molar-refractivity contribution in [1.82, 2.24) is 19.3 Å². The van der Waals surface area contributed by atoms with Crippen molar-refractivity contribution in [2.24, 2.45) is 0 Å². The lowest BCUT2D eigenvalue weighted by atomic mass is 10.0. The summed E-state index contributed by atoms with van der Waals surface area (Å²) in [7, 11) is 0. The lowest BCUT2D eigenvalue weighted by molar-refractivity contribution is 0.103. The average molecular weight is 387 g/mol. The maximum Gasteiger partial charge on any atom is 0.278 e. The Hall–Kier alpha value is -2.38. The highest BCUT2D eigenvalue weighted by Crippen LogP contribution is 2.28. The summed E-state index contributed by atoms with van der Waals surface area (Å²) < 4.78 is 3.46. The first-order valence-corrected chi connectivity index (χ1v) is 9.72. The number of halogens is 1. The first-order chi connectivity index (χ1) is 12.6. The van der Waals surface area contributed by atoms with Crippen molar-refractivity contribution in [2.45, 2.75) is 24.7 Å². The van der Waals surface area contributed by atoms with Crippen molar-refractivity contribution in [1.29, 1.82) is 0 Å². The minimum atomic E-state index is -0.380. The van der Waals surface area contributed by atoms with Crippen molar-refractivity contribution < 1.29 is 4.79 Å². The van der Waals surface area contributed by atoms with Crippen molar-refractivity contribution in [3.05, 3.63) is 63.0 Å². The predicted octanol–water partition coefficient (Wildman–Crippen LogP) is 3.12. The van der Waals surface area contributed by atoms with Gasteiger partial charge in [-0.25, -0.2) is 14.6 Å². The molecule has 0 amide bonds. The van der Waals surface area contributed by atoms with Gasteiger partial charge in [0.1, 0.15) is 11.3 Å². The van der Waals surface area contributed by atoms with E-state index >= 15 is 0 Å². The number of rotatable bonds is 4. The number of aromatic nitrogens is 4. The highest BCUT2D eigenvalue weighted by Gasteiger charge is 2.30. The van der Waals surface area contributed by atoms with E-state index in [0.29, 0.717) is 40.2 Å². The van der Waals surface area contributed by atoms with Gasteiger partial charge < -0.3 is 0 Å². The van der Waals surface area contributed by atoms with Gasteiger partial charge in [-0.05, 0) is 30.9 Å². The fourth-order valence-corrected chi connectivity index (χ4v) is 3.81. The van der Waals surface area contributed by atoms with Crippen LogP contribution in [0.1, 0.15) is 22.3 Å². The first kappa shape index (κ1) is 17.1. The molecule has 0 aliphatic carbocycles. The lowest BCUT2D eigenvalue weighted by Crippen LogP contribution is -2.21. The van der Waals surface area contributed by atoms with Crippen LogP contribution >= 0.6 is 23.4 Å². The van der Waals surface area contributed by atoms with Gasteiger partial charge in [0.15, 0.2) is 5.16 Å². The number of hydrogen-bond donors (Lipinski definition) is 0. The number of carbonyl (C=O) groups excluding carboxylic acids is 1. The van der Waals surface area contributed by atoms with Crippen molar-refractivity contribution in [3.8, 4) is 11.4 Å². The van der Waals surface area contributed by atoms with E-state index in [-0.39, 0.29) is 16.9 Å². The van der Waals surface area contributed by atoms with Gasteiger partial charge in [-0.3, -0.25) is 14.3 Å². The smallest absolute Gasteiger partial charge is 0.278 e. The summed E-state index contributed by atoms with van der Waals surface area (Å²) in [6, 6.07) is 8.49. The largest absolute Gasteiger partial charge is 0.288 e. The molecule has 8 heteroatoms. The molecule has 0 spiro atoms. The average Bonchev–Trinajstić information content (AvgIpc) is 3.24. The first-order valence-electron chi connectivity index (χ1n) is 8.12. The van der Waals surface area contributed by atoms with E-state index in [1.54, 1.807) is 41.2 Å². The standard InChI is InChI=1S/C18H15ClN4O2S/c1-26-18-20-8-7-13(21-18)15-14(17(25)23-10-4-9-22(15)23)16(24)11-5-2-3-6-12(11)19/h2-3,5-8H,4,9-10H2,1H3. The fraction of sp³-hybridized carbons (Fsp3) is 0.222. The van der Waals surface area contributed by atoms with Crippen LogP contribution in [-0.2, 0) is 13.1 Å². The molecule has 0 saturated heterocycles. The van der Waals surface area contributed by atoms with Crippen LogP contribution in [0.25, 0.3) is 11.4 Å². The molecule has 132 valence electrons. The normalized spacial score (nSPS) is 13.0. The summed E-state index contributed by atoms with van der Waals surface area (Å²) in [5.74, 6) is -0.380. The van der Waals surface area contributed by atoms with Crippen LogP contribution in [0, 0.1) is 0 Å². The lowest BCUT2D eigenvalue weighted by Gasteiger charge is -2.08. The van der Waals surface area contributed by atoms with Crippen molar-refractivity contribution >= 4 is 29.1 Å². The second-order valence-corrected chi connectivity index (χ2v) is 7.05. The molecule has 0 N–H and O–H groups in total. The number of hydrogen-bond acceptors (Lipinski definition) is 5. The van der Waals surface area contributed by atoms with Crippen LogP contribution in [0.2, 0.25) is 5.02 Å². The molecular weight excluding hydrogens is 372 g/mol. The van der Waals surface area contributed by atoms with Crippen molar-refractivity contribution in [2.75, 3.05) is 6.26 Å². The van der Waals surface area contributed by atoms with Crippen LogP contribution in [0.5, 0.6) is 0 Å². The zero-order chi connectivity index (χ0) is 18.3. The molecular formula is C18H15ClN4O2S. The third-order valence-corrected chi connectivity index (χ3v) is 5.27. The zero-order valence-electron chi connectivity index (χ0n) is 14.0. The van der Waals surface area contributed by atoms with E-state index in [2.05, 4.69) is 9.97 Å². The minimum Gasteiger partial charge on any atom is -0.288 e. The van der Waals surface area contributed by atoms with Crippen LogP contribution in [0.3, 0.4) is 0 Å². The third-order valence-electron chi connectivity index (χ3n) is 4.38. The fourth-order valence-electron chi connectivity index (χ4n) is 3.23. The minimum absolute atomic E-state index is 0.114. The Morgan fingerprint density at radius 3 is 2.73 bits per heavy atom. The molecule has 3 aromatic rings. The van der Waals surface area contributed by atoms with E-state index in [0.717, 1.165) is 6.42 Å². The van der Waals surface area contributed by atoms with Gasteiger partial charge in [0, 0.05) is 24.8 Å². The van der Waals surface area contributed by atoms with Gasteiger partial charge in [0.2, 0.25) is 5.78 Å². The summed E-state index contributed by atoms with van der Waals surface area (Å²) in [4.78, 5) is 34.8. The molecule has 0 radical (unpaired) electrons. The molecule has 0 unspecified atom stereocenters. The van der Waals surface area contributed by atoms with E-state index in [1.165, 1.54) is 11.8 Å². The van der Waals surface area contributed by atoms with Gasteiger partial charge in [-0.2, -0.15) is 0 Å². The topological polar surface area (TPSA) is 69.8 Å². The van der Waals surface area contributed by atoms with Gasteiger partial charge in [-0.15, -0.1) is 0 Å². The Bertz CT molecular complexity index is 1070. The Labute approximate surface area is 158 Å². The third kappa shape index (κ3) is 2.68. The summed E-state index contributed by atoms with van der Waals surface area (Å²) >= 11 is 7.60. The highest BCUT2D eigenvalue weighted by molar-refractivity contribution is 7.98. The molecule has 6 nitrogen and oxygen atoms in total.